The van der Waals surface area contributed by atoms with E-state index in [1.807, 2.05) is 45.0 Å². The lowest BCUT2D eigenvalue weighted by atomic mass is 9.71. The number of benzene rings is 1. The Morgan fingerprint density at radius 1 is 1.13 bits per heavy atom. The van der Waals surface area contributed by atoms with Crippen LogP contribution in [-0.4, -0.2) is 74.1 Å². The molecule has 6 rings (SSSR count). The second-order valence-corrected chi connectivity index (χ2v) is 14.4. The maximum atomic E-state index is 14.1. The number of carboxylic acids is 1. The van der Waals surface area contributed by atoms with Crippen LogP contribution in [0.15, 0.2) is 47.5 Å². The van der Waals surface area contributed by atoms with Crippen molar-refractivity contribution in [3.63, 3.8) is 0 Å². The maximum Gasteiger partial charge on any atom is 0.310 e. The van der Waals surface area contributed by atoms with Gasteiger partial charge in [0.25, 0.3) is 0 Å². The summed E-state index contributed by atoms with van der Waals surface area (Å²) in [5, 5.41) is 19.1. The molecule has 0 amide bonds. The molecule has 5 heterocycles. The Morgan fingerprint density at radius 3 is 2.60 bits per heavy atom. The number of ether oxygens (including phenoxy) is 2. The minimum Gasteiger partial charge on any atom is -0.481 e. The second-order valence-electron chi connectivity index (χ2n) is 12.5. The number of hydrogen-bond acceptors (Lipinski definition) is 9. The van der Waals surface area contributed by atoms with Gasteiger partial charge in [0.05, 0.1) is 42.9 Å². The maximum absolute atomic E-state index is 14.1. The third-order valence-electron chi connectivity index (χ3n) is 9.25. The van der Waals surface area contributed by atoms with Crippen molar-refractivity contribution in [3.8, 4) is 5.88 Å². The van der Waals surface area contributed by atoms with Crippen LogP contribution < -0.4 is 4.74 Å². The number of aromatic nitrogens is 5. The first-order valence-electron chi connectivity index (χ1n) is 15.1. The van der Waals surface area contributed by atoms with E-state index in [0.29, 0.717) is 49.5 Å². The molecule has 1 spiro atoms. The number of nitrogens with zero attached hydrogens (tertiary/aromatic N) is 6. The van der Waals surface area contributed by atoms with Crippen molar-refractivity contribution in [2.24, 2.45) is 5.41 Å². The van der Waals surface area contributed by atoms with Gasteiger partial charge in [0.2, 0.25) is 15.9 Å². The first kappa shape index (κ1) is 31.1. The third-order valence-corrected chi connectivity index (χ3v) is 11.1. The summed E-state index contributed by atoms with van der Waals surface area (Å²) in [5.74, 6) is -1.55. The summed E-state index contributed by atoms with van der Waals surface area (Å²) in [6.45, 7) is 10.8. The molecule has 13 heteroatoms. The van der Waals surface area contributed by atoms with Crippen molar-refractivity contribution in [2.45, 2.75) is 77.0 Å². The zero-order valence-corrected chi connectivity index (χ0v) is 27.0. The molecule has 3 aromatic heterocycles. The molecule has 1 saturated heterocycles. The summed E-state index contributed by atoms with van der Waals surface area (Å²) in [7, 11) is -4.01. The summed E-state index contributed by atoms with van der Waals surface area (Å²) >= 11 is 0. The fourth-order valence-electron chi connectivity index (χ4n) is 6.42. The van der Waals surface area contributed by atoms with Gasteiger partial charge in [-0.15, -0.1) is 5.10 Å². The van der Waals surface area contributed by atoms with Gasteiger partial charge in [-0.25, -0.2) is 18.1 Å². The second kappa shape index (κ2) is 11.5. The fraction of sp³-hybridized carbons (Fsp3) is 0.469. The number of aliphatic carboxylic acids is 1. The lowest BCUT2D eigenvalue weighted by molar-refractivity contribution is -0.147. The molecule has 0 bridgehead atoms. The van der Waals surface area contributed by atoms with E-state index in [1.165, 1.54) is 16.6 Å². The average molecular weight is 635 g/mol. The van der Waals surface area contributed by atoms with Crippen LogP contribution in [0.1, 0.15) is 67.6 Å². The zero-order valence-electron chi connectivity index (χ0n) is 26.1. The number of hydrogen-bond donors (Lipinski definition) is 1. The lowest BCUT2D eigenvalue weighted by Crippen LogP contribution is -2.50. The Hall–Kier alpha value is -3.94. The van der Waals surface area contributed by atoms with E-state index >= 15 is 0 Å². The molecule has 1 N–H and O–H groups in total. The van der Waals surface area contributed by atoms with Crippen molar-refractivity contribution in [3.05, 3.63) is 70.7 Å². The van der Waals surface area contributed by atoms with Crippen LogP contribution in [0.2, 0.25) is 0 Å². The van der Waals surface area contributed by atoms with Crippen molar-refractivity contribution in [1.29, 1.82) is 0 Å². The molecule has 45 heavy (non-hydrogen) atoms. The predicted molar refractivity (Wildman–Crippen MR) is 165 cm³/mol. The monoisotopic (exact) mass is 634 g/mol. The summed E-state index contributed by atoms with van der Waals surface area (Å²) in [4.78, 5) is 22.1. The van der Waals surface area contributed by atoms with E-state index < -0.39 is 32.9 Å². The van der Waals surface area contributed by atoms with Gasteiger partial charge < -0.3 is 14.6 Å². The Bertz CT molecular complexity index is 1880. The zero-order chi connectivity index (χ0) is 32.1. The number of carboxylic acid groups (broad SMARTS) is 1. The Kier molecular flexibility index (Phi) is 7.90. The van der Waals surface area contributed by atoms with Gasteiger partial charge in [-0.2, -0.15) is 4.31 Å². The third kappa shape index (κ3) is 5.36. The van der Waals surface area contributed by atoms with E-state index in [1.54, 1.807) is 24.6 Å². The van der Waals surface area contributed by atoms with Crippen LogP contribution in [0, 0.1) is 19.3 Å². The SMILES string of the molecule is CCn1nnc2c(C)c([C@H](c3ccc(C)c(CN4CC5(CCOCC5)Oc5ncccc5S4(=O)=O)n3)C(C)(C)C(=O)O)ccc21. The van der Waals surface area contributed by atoms with Crippen LogP contribution in [0.4, 0.5) is 0 Å². The quantitative estimate of drug-likeness (QED) is 0.313. The summed E-state index contributed by atoms with van der Waals surface area (Å²) in [6.07, 6.45) is 2.56. The van der Waals surface area contributed by atoms with Crippen LogP contribution in [-0.2, 0) is 32.6 Å². The molecule has 1 atom stereocenters. The molecule has 4 aromatic rings. The molecule has 12 nitrogen and oxygen atoms in total. The molecule has 1 fully saturated rings. The van der Waals surface area contributed by atoms with Crippen molar-refractivity contribution >= 4 is 27.0 Å². The number of pyridine rings is 2. The van der Waals surface area contributed by atoms with E-state index in [-0.39, 0.29) is 23.9 Å². The number of fused-ring (bicyclic) bond motifs is 2. The Labute approximate surface area is 262 Å². The van der Waals surface area contributed by atoms with Crippen LogP contribution >= 0.6 is 0 Å². The van der Waals surface area contributed by atoms with Gasteiger partial charge >= 0.3 is 5.97 Å². The molecule has 2 aliphatic heterocycles. The first-order valence-corrected chi connectivity index (χ1v) is 16.6. The molecule has 1 aromatic carbocycles. The highest BCUT2D eigenvalue weighted by molar-refractivity contribution is 7.89. The smallest absolute Gasteiger partial charge is 0.310 e. The average Bonchev–Trinajstić information content (AvgIpc) is 3.41. The Balaban J connectivity index is 1.46. The minimum absolute atomic E-state index is 0.0103. The normalized spacial score (nSPS) is 18.7. The van der Waals surface area contributed by atoms with E-state index in [4.69, 9.17) is 14.5 Å². The molecule has 0 aliphatic carbocycles. The standard InChI is InChI=1S/C32H38N6O6S/c1-6-38-25-12-10-22(21(3)28(25)35-36-38)27(31(4,5)30(39)40)23-11-9-20(2)24(34-23)18-37-19-32(13-16-43-17-14-32)44-29-26(45(37,41)42)8-7-15-33-29/h7-12,15,27H,6,13-14,16-19H2,1-5H3,(H,39,40)/t27-/m1/s1. The minimum atomic E-state index is -4.01. The first-order chi connectivity index (χ1) is 21.4. The summed E-state index contributed by atoms with van der Waals surface area (Å²) in [5.41, 5.74) is 2.96. The molecular formula is C32H38N6O6S. The highest BCUT2D eigenvalue weighted by atomic mass is 32.2. The topological polar surface area (TPSA) is 150 Å². The summed E-state index contributed by atoms with van der Waals surface area (Å²) < 4.78 is 43.4. The van der Waals surface area contributed by atoms with Gasteiger partial charge in [-0.3, -0.25) is 9.78 Å². The van der Waals surface area contributed by atoms with Gasteiger partial charge in [0.1, 0.15) is 16.0 Å². The van der Waals surface area contributed by atoms with E-state index in [9.17, 15) is 18.3 Å². The lowest BCUT2D eigenvalue weighted by Gasteiger charge is -2.38. The molecule has 0 radical (unpaired) electrons. The van der Waals surface area contributed by atoms with Gasteiger partial charge in [0.15, 0.2) is 0 Å². The van der Waals surface area contributed by atoms with Crippen molar-refractivity contribution in [2.75, 3.05) is 19.8 Å². The Morgan fingerprint density at radius 2 is 1.89 bits per heavy atom. The molecule has 0 unspecified atom stereocenters. The van der Waals surface area contributed by atoms with E-state index in [2.05, 4.69) is 15.3 Å². The van der Waals surface area contributed by atoms with Crippen LogP contribution in [0.25, 0.3) is 11.0 Å². The van der Waals surface area contributed by atoms with Gasteiger partial charge in [-0.1, -0.05) is 17.3 Å². The molecule has 238 valence electrons. The number of sulfonamides is 1. The van der Waals surface area contributed by atoms with Crippen LogP contribution in [0.5, 0.6) is 5.88 Å². The molecular weight excluding hydrogens is 596 g/mol. The fourth-order valence-corrected chi connectivity index (χ4v) is 7.96. The molecule has 0 saturated carbocycles. The van der Waals surface area contributed by atoms with Crippen molar-refractivity contribution < 1.29 is 27.8 Å². The highest BCUT2D eigenvalue weighted by Gasteiger charge is 2.46. The van der Waals surface area contributed by atoms with Crippen LogP contribution in [0.3, 0.4) is 0 Å². The number of rotatable bonds is 7. The number of aryl methyl sites for hydroxylation is 3. The highest BCUT2D eigenvalue weighted by Crippen LogP contribution is 2.44. The predicted octanol–water partition coefficient (Wildman–Crippen LogP) is 4.23. The van der Waals surface area contributed by atoms with Crippen molar-refractivity contribution in [1.82, 2.24) is 29.3 Å². The van der Waals surface area contributed by atoms with Gasteiger partial charge in [-0.05, 0) is 75.6 Å². The largest absolute Gasteiger partial charge is 0.481 e. The number of carbonyl (C=O) groups is 1. The van der Waals surface area contributed by atoms with E-state index in [0.717, 1.165) is 22.2 Å². The summed E-state index contributed by atoms with van der Waals surface area (Å²) in [6, 6.07) is 10.7. The molecule has 2 aliphatic rings. The van der Waals surface area contributed by atoms with Gasteiger partial charge in [0, 0.05) is 37.2 Å².